The van der Waals surface area contributed by atoms with Gasteiger partial charge in [0.25, 0.3) is 0 Å². The molecule has 2 aromatic rings. The highest BCUT2D eigenvalue weighted by atomic mass is 32.2. The van der Waals surface area contributed by atoms with E-state index in [2.05, 4.69) is 4.98 Å². The molecule has 20 heavy (non-hydrogen) atoms. The summed E-state index contributed by atoms with van der Waals surface area (Å²) in [7, 11) is 0. The Labute approximate surface area is 123 Å². The van der Waals surface area contributed by atoms with Gasteiger partial charge in [-0.3, -0.25) is 9.59 Å². The number of nitrogens with one attached hydrogen (secondary N) is 1. The van der Waals surface area contributed by atoms with Gasteiger partial charge in [-0.05, 0) is 6.07 Å². The van der Waals surface area contributed by atoms with E-state index in [1.165, 1.54) is 11.3 Å². The monoisotopic (exact) mass is 305 g/mol. The molecule has 2 aliphatic heterocycles. The molecule has 0 fully saturated rings. The van der Waals surface area contributed by atoms with Gasteiger partial charge in [0, 0.05) is 21.6 Å². The third kappa shape index (κ3) is 1.61. The van der Waals surface area contributed by atoms with Gasteiger partial charge in [-0.15, -0.1) is 11.8 Å². The van der Waals surface area contributed by atoms with Crippen LogP contribution in [0.15, 0.2) is 34.1 Å². The normalized spacial score (nSPS) is 27.2. The Morgan fingerprint density at radius 3 is 2.90 bits per heavy atom. The summed E-state index contributed by atoms with van der Waals surface area (Å²) in [4.78, 5) is 27.7. The summed E-state index contributed by atoms with van der Waals surface area (Å²) in [5.74, 6) is 0.126. The van der Waals surface area contributed by atoms with Crippen molar-refractivity contribution in [3.63, 3.8) is 0 Å². The number of H-pyrrole nitrogens is 1. The number of carbonyl (C=O) groups excluding carboxylic acids is 1. The highest BCUT2D eigenvalue weighted by Gasteiger charge is 2.47. The van der Waals surface area contributed by atoms with Crippen LogP contribution in [-0.2, 0) is 4.79 Å². The van der Waals surface area contributed by atoms with Gasteiger partial charge in [0.05, 0.1) is 10.9 Å². The SMILES string of the molecule is C[C@H]1Sc2[nH]c(=O)sc2[C@@H]2c3ccccc3OC(=O)[C@@H]21. The van der Waals surface area contributed by atoms with E-state index >= 15 is 0 Å². The number of aromatic nitrogens is 1. The van der Waals surface area contributed by atoms with Crippen molar-refractivity contribution in [3.05, 3.63) is 44.4 Å². The number of para-hydroxylation sites is 1. The summed E-state index contributed by atoms with van der Waals surface area (Å²) in [6.45, 7) is 2.01. The second-order valence-electron chi connectivity index (χ2n) is 4.99. The molecule has 102 valence electrons. The Kier molecular flexibility index (Phi) is 2.59. The lowest BCUT2D eigenvalue weighted by atomic mass is 9.80. The van der Waals surface area contributed by atoms with Crippen molar-refractivity contribution in [3.8, 4) is 5.75 Å². The van der Waals surface area contributed by atoms with Crippen LogP contribution >= 0.6 is 23.1 Å². The molecule has 0 radical (unpaired) electrons. The molecule has 4 rings (SSSR count). The number of ether oxygens (including phenoxy) is 1. The van der Waals surface area contributed by atoms with Crippen LogP contribution in [0.2, 0.25) is 0 Å². The molecule has 0 aliphatic carbocycles. The Morgan fingerprint density at radius 2 is 2.05 bits per heavy atom. The highest BCUT2D eigenvalue weighted by Crippen LogP contribution is 2.53. The second-order valence-corrected chi connectivity index (χ2v) is 7.40. The van der Waals surface area contributed by atoms with E-state index in [1.807, 2.05) is 31.2 Å². The molecule has 3 heterocycles. The van der Waals surface area contributed by atoms with Crippen molar-refractivity contribution >= 4 is 29.1 Å². The van der Waals surface area contributed by atoms with Crippen molar-refractivity contribution in [1.29, 1.82) is 0 Å². The van der Waals surface area contributed by atoms with Gasteiger partial charge in [-0.25, -0.2) is 0 Å². The smallest absolute Gasteiger partial charge is 0.316 e. The minimum Gasteiger partial charge on any atom is -0.426 e. The summed E-state index contributed by atoms with van der Waals surface area (Å²) in [5.41, 5.74) is 1.00. The maximum atomic E-state index is 12.3. The first-order valence-electron chi connectivity index (χ1n) is 6.35. The van der Waals surface area contributed by atoms with Gasteiger partial charge in [-0.1, -0.05) is 36.5 Å². The Balaban J connectivity index is 1.99. The molecule has 1 N–H and O–H groups in total. The second kappa shape index (κ2) is 4.23. The number of esters is 1. The molecule has 0 unspecified atom stereocenters. The summed E-state index contributed by atoms with van der Waals surface area (Å²) in [6, 6.07) is 7.59. The van der Waals surface area contributed by atoms with Crippen LogP contribution in [-0.4, -0.2) is 16.2 Å². The number of hydrogen-bond donors (Lipinski definition) is 1. The fraction of sp³-hybridized carbons (Fsp3) is 0.286. The first-order chi connectivity index (χ1) is 9.65. The predicted molar refractivity (Wildman–Crippen MR) is 77.7 cm³/mol. The van der Waals surface area contributed by atoms with Crippen molar-refractivity contribution in [2.45, 2.75) is 23.1 Å². The minimum absolute atomic E-state index is 0.0632. The first kappa shape index (κ1) is 12.2. The standard InChI is InChI=1S/C14H11NO3S2/c1-6-9-10(11-12(19-6)15-14(17)20-11)7-4-2-3-5-8(7)18-13(9)16/h2-6,9-10H,1H3,(H,15,17)/t6-,9-,10-/m1/s1. The summed E-state index contributed by atoms with van der Waals surface area (Å²) in [5, 5.41) is 0.983. The van der Waals surface area contributed by atoms with Gasteiger partial charge in [-0.2, -0.15) is 0 Å². The van der Waals surface area contributed by atoms with E-state index in [9.17, 15) is 9.59 Å². The van der Waals surface area contributed by atoms with E-state index in [0.717, 1.165) is 15.5 Å². The highest BCUT2D eigenvalue weighted by molar-refractivity contribution is 8.00. The summed E-state index contributed by atoms with van der Waals surface area (Å²) < 4.78 is 5.46. The maximum Gasteiger partial charge on any atom is 0.316 e. The lowest BCUT2D eigenvalue weighted by Crippen LogP contribution is -2.39. The predicted octanol–water partition coefficient (Wildman–Crippen LogP) is 2.60. The number of thioether (sulfide) groups is 1. The molecule has 1 aromatic carbocycles. The first-order valence-corrected chi connectivity index (χ1v) is 8.05. The third-order valence-corrected chi connectivity index (χ3v) is 6.15. The number of hydrogen-bond acceptors (Lipinski definition) is 5. The quantitative estimate of drug-likeness (QED) is 0.600. The Hall–Kier alpha value is -1.53. The van der Waals surface area contributed by atoms with Crippen molar-refractivity contribution in [2.24, 2.45) is 5.92 Å². The minimum atomic E-state index is -0.228. The number of carbonyl (C=O) groups is 1. The van der Waals surface area contributed by atoms with Crippen LogP contribution in [0, 0.1) is 5.92 Å². The maximum absolute atomic E-state index is 12.3. The van der Waals surface area contributed by atoms with Crippen molar-refractivity contribution in [2.75, 3.05) is 0 Å². The van der Waals surface area contributed by atoms with Crippen LogP contribution in [0.4, 0.5) is 0 Å². The van der Waals surface area contributed by atoms with Crippen LogP contribution in [0.3, 0.4) is 0 Å². The van der Waals surface area contributed by atoms with E-state index in [-0.39, 0.29) is 27.9 Å². The largest absolute Gasteiger partial charge is 0.426 e. The molecule has 1 aromatic heterocycles. The van der Waals surface area contributed by atoms with E-state index in [1.54, 1.807) is 11.8 Å². The van der Waals surface area contributed by atoms with E-state index in [4.69, 9.17) is 4.74 Å². The number of fused-ring (bicyclic) bond motifs is 5. The zero-order valence-corrected chi connectivity index (χ0v) is 12.2. The molecule has 3 atom stereocenters. The summed E-state index contributed by atoms with van der Waals surface area (Å²) in [6.07, 6.45) is 0. The average molecular weight is 305 g/mol. The molecular weight excluding hydrogens is 294 g/mol. The van der Waals surface area contributed by atoms with Gasteiger partial charge in [0.15, 0.2) is 0 Å². The van der Waals surface area contributed by atoms with Crippen LogP contribution in [0.1, 0.15) is 23.3 Å². The molecule has 0 amide bonds. The zero-order chi connectivity index (χ0) is 13.9. The van der Waals surface area contributed by atoms with Gasteiger partial charge in [0.2, 0.25) is 0 Å². The van der Waals surface area contributed by atoms with Gasteiger partial charge < -0.3 is 9.72 Å². The lowest BCUT2D eigenvalue weighted by molar-refractivity contribution is -0.140. The van der Waals surface area contributed by atoms with Gasteiger partial charge >= 0.3 is 10.8 Å². The molecular formula is C14H11NO3S2. The molecule has 0 saturated carbocycles. The van der Waals surface area contributed by atoms with Crippen molar-refractivity contribution in [1.82, 2.24) is 4.98 Å². The van der Waals surface area contributed by atoms with Crippen molar-refractivity contribution < 1.29 is 9.53 Å². The number of aromatic amines is 1. The zero-order valence-electron chi connectivity index (χ0n) is 10.6. The summed E-state index contributed by atoms with van der Waals surface area (Å²) >= 11 is 2.75. The topological polar surface area (TPSA) is 59.2 Å². The van der Waals surface area contributed by atoms with E-state index in [0.29, 0.717) is 5.75 Å². The third-order valence-electron chi connectivity index (χ3n) is 3.83. The number of rotatable bonds is 0. The van der Waals surface area contributed by atoms with Gasteiger partial charge in [0.1, 0.15) is 5.75 Å². The Morgan fingerprint density at radius 1 is 1.25 bits per heavy atom. The average Bonchev–Trinajstić information content (AvgIpc) is 2.78. The molecule has 0 bridgehead atoms. The number of benzene rings is 1. The molecule has 0 spiro atoms. The Bertz CT molecular complexity index is 764. The van der Waals surface area contributed by atoms with Crippen LogP contribution in [0.5, 0.6) is 5.75 Å². The molecule has 2 aliphatic rings. The molecule has 4 nitrogen and oxygen atoms in total. The molecule has 6 heteroatoms. The van der Waals surface area contributed by atoms with Crippen LogP contribution in [0.25, 0.3) is 0 Å². The van der Waals surface area contributed by atoms with Crippen LogP contribution < -0.4 is 9.61 Å². The molecule has 0 saturated heterocycles. The fourth-order valence-corrected chi connectivity index (χ4v) is 5.39. The number of thiazole rings is 1. The lowest BCUT2D eigenvalue weighted by Gasteiger charge is -2.37. The van der Waals surface area contributed by atoms with E-state index < -0.39 is 0 Å². The fourth-order valence-electron chi connectivity index (χ4n) is 2.98.